The summed E-state index contributed by atoms with van der Waals surface area (Å²) in [6.45, 7) is 13.5. The lowest BCUT2D eigenvalue weighted by molar-refractivity contribution is 0.149. The predicted octanol–water partition coefficient (Wildman–Crippen LogP) is 2.90. The topological polar surface area (TPSA) is 29.5 Å². The van der Waals surface area contributed by atoms with Crippen molar-refractivity contribution in [1.82, 2.24) is 4.90 Å². The van der Waals surface area contributed by atoms with E-state index in [9.17, 15) is 4.79 Å². The van der Waals surface area contributed by atoms with E-state index >= 15 is 0 Å². The van der Waals surface area contributed by atoms with Crippen molar-refractivity contribution in [1.29, 1.82) is 0 Å². The van der Waals surface area contributed by atoms with Gasteiger partial charge in [-0.25, -0.2) is 4.79 Å². The molecular weight excluding hydrogens is 178 g/mol. The Balaban J connectivity index is 0.000000791. The summed E-state index contributed by atoms with van der Waals surface area (Å²) < 4.78 is 4.97. The molecule has 1 saturated heterocycles. The fourth-order valence-electron chi connectivity index (χ4n) is 1.33. The predicted molar refractivity (Wildman–Crippen MR) is 58.3 cm³/mol. The Bertz CT molecular complexity index is 188. The van der Waals surface area contributed by atoms with Crippen molar-refractivity contribution in [3.63, 3.8) is 0 Å². The first kappa shape index (κ1) is 13.3. The van der Waals surface area contributed by atoms with Crippen LogP contribution in [0.2, 0.25) is 0 Å². The van der Waals surface area contributed by atoms with Gasteiger partial charge in [0.15, 0.2) is 0 Å². The molecule has 0 bridgehead atoms. The zero-order valence-electron chi connectivity index (χ0n) is 10.3. The first-order valence-electron chi connectivity index (χ1n) is 5.38. The highest BCUT2D eigenvalue weighted by Gasteiger charge is 2.39. The van der Waals surface area contributed by atoms with Crippen LogP contribution in [0.5, 0.6) is 0 Å². The molecule has 3 nitrogen and oxygen atoms in total. The molecule has 0 aromatic rings. The second kappa shape index (κ2) is 5.23. The SMILES string of the molecule is CC.CC(C)CN1C(=O)OCC1(C)C. The van der Waals surface area contributed by atoms with Crippen molar-refractivity contribution in [3.8, 4) is 0 Å². The standard InChI is InChI=1S/C9H17NO2.C2H6/c1-7(2)5-10-8(11)12-6-9(10,3)4;1-2/h7H,5-6H2,1-4H3;1-2H3. The van der Waals surface area contributed by atoms with E-state index in [1.54, 1.807) is 4.90 Å². The van der Waals surface area contributed by atoms with Gasteiger partial charge in [0.2, 0.25) is 0 Å². The van der Waals surface area contributed by atoms with Crippen LogP contribution in [0.3, 0.4) is 0 Å². The second-order valence-corrected chi connectivity index (χ2v) is 4.37. The minimum atomic E-state index is -0.172. The molecule has 0 atom stereocenters. The van der Waals surface area contributed by atoms with E-state index in [-0.39, 0.29) is 11.6 Å². The van der Waals surface area contributed by atoms with E-state index in [2.05, 4.69) is 13.8 Å². The lowest BCUT2D eigenvalue weighted by Gasteiger charge is -2.29. The van der Waals surface area contributed by atoms with Gasteiger partial charge in [0, 0.05) is 6.54 Å². The summed E-state index contributed by atoms with van der Waals surface area (Å²) in [5.74, 6) is 0.495. The molecule has 0 unspecified atom stereocenters. The van der Waals surface area contributed by atoms with Gasteiger partial charge in [-0.15, -0.1) is 0 Å². The third-order valence-corrected chi connectivity index (χ3v) is 2.05. The van der Waals surface area contributed by atoms with Crippen molar-refractivity contribution >= 4 is 6.09 Å². The fraction of sp³-hybridized carbons (Fsp3) is 0.909. The summed E-state index contributed by atoms with van der Waals surface area (Å²) in [4.78, 5) is 13.0. The molecule has 3 heteroatoms. The number of cyclic esters (lactones) is 1. The van der Waals surface area contributed by atoms with Crippen molar-refractivity contribution < 1.29 is 9.53 Å². The molecule has 14 heavy (non-hydrogen) atoms. The Morgan fingerprint density at radius 3 is 2.21 bits per heavy atom. The van der Waals surface area contributed by atoms with Gasteiger partial charge in [-0.2, -0.15) is 0 Å². The summed E-state index contributed by atoms with van der Waals surface area (Å²) in [5, 5.41) is 0. The van der Waals surface area contributed by atoms with Gasteiger partial charge in [-0.1, -0.05) is 27.7 Å². The van der Waals surface area contributed by atoms with Crippen molar-refractivity contribution in [2.45, 2.75) is 47.1 Å². The van der Waals surface area contributed by atoms with E-state index in [0.717, 1.165) is 6.54 Å². The summed E-state index contributed by atoms with van der Waals surface area (Å²) in [6, 6.07) is 0. The monoisotopic (exact) mass is 201 g/mol. The van der Waals surface area contributed by atoms with Gasteiger partial charge in [0.05, 0.1) is 5.54 Å². The number of ether oxygens (including phenoxy) is 1. The van der Waals surface area contributed by atoms with E-state index in [0.29, 0.717) is 12.5 Å². The molecule has 1 rings (SSSR count). The molecule has 1 fully saturated rings. The molecule has 84 valence electrons. The van der Waals surface area contributed by atoms with Crippen LogP contribution in [0.1, 0.15) is 41.5 Å². The van der Waals surface area contributed by atoms with E-state index in [1.165, 1.54) is 0 Å². The fourth-order valence-corrected chi connectivity index (χ4v) is 1.33. The molecule has 0 aromatic carbocycles. The molecular formula is C11H23NO2. The Hall–Kier alpha value is -0.730. The summed E-state index contributed by atoms with van der Waals surface area (Å²) >= 11 is 0. The smallest absolute Gasteiger partial charge is 0.410 e. The second-order valence-electron chi connectivity index (χ2n) is 4.37. The number of rotatable bonds is 2. The molecule has 0 radical (unpaired) electrons. The maximum Gasteiger partial charge on any atom is 0.410 e. The number of carbonyl (C=O) groups excluding carboxylic acids is 1. The molecule has 1 amide bonds. The molecule has 1 aliphatic rings. The van der Waals surface area contributed by atoms with Crippen LogP contribution in [0.15, 0.2) is 0 Å². The number of amides is 1. The Kier molecular flexibility index (Phi) is 4.95. The molecule has 0 spiro atoms. The lowest BCUT2D eigenvalue weighted by atomic mass is 10.0. The lowest BCUT2D eigenvalue weighted by Crippen LogP contribution is -2.43. The van der Waals surface area contributed by atoms with Gasteiger partial charge in [0.1, 0.15) is 6.61 Å². The molecule has 0 N–H and O–H groups in total. The maximum atomic E-state index is 11.2. The van der Waals surface area contributed by atoms with Gasteiger partial charge >= 0.3 is 6.09 Å². The number of carbonyl (C=O) groups is 1. The highest BCUT2D eigenvalue weighted by atomic mass is 16.6. The van der Waals surface area contributed by atoms with Crippen LogP contribution in [-0.2, 0) is 4.74 Å². The molecule has 1 aliphatic heterocycles. The van der Waals surface area contributed by atoms with Crippen LogP contribution >= 0.6 is 0 Å². The minimum absolute atomic E-state index is 0.124. The first-order chi connectivity index (χ1) is 6.43. The largest absolute Gasteiger partial charge is 0.447 e. The number of hydrogen-bond acceptors (Lipinski definition) is 2. The van der Waals surface area contributed by atoms with Crippen molar-refractivity contribution in [2.75, 3.05) is 13.2 Å². The third-order valence-electron chi connectivity index (χ3n) is 2.05. The quantitative estimate of drug-likeness (QED) is 0.687. The molecule has 0 aliphatic carbocycles. The third kappa shape index (κ3) is 3.20. The van der Waals surface area contributed by atoms with Crippen LogP contribution in [0, 0.1) is 5.92 Å². The van der Waals surface area contributed by atoms with Gasteiger partial charge in [0.25, 0.3) is 0 Å². The van der Waals surface area contributed by atoms with E-state index in [4.69, 9.17) is 4.74 Å². The Labute approximate surface area is 87.4 Å². The Morgan fingerprint density at radius 1 is 1.43 bits per heavy atom. The van der Waals surface area contributed by atoms with E-state index < -0.39 is 0 Å². The zero-order chi connectivity index (χ0) is 11.4. The summed E-state index contributed by atoms with van der Waals surface area (Å²) in [7, 11) is 0. The highest BCUT2D eigenvalue weighted by Crippen LogP contribution is 2.24. The average molecular weight is 201 g/mol. The van der Waals surface area contributed by atoms with Gasteiger partial charge < -0.3 is 4.74 Å². The van der Waals surface area contributed by atoms with Crippen LogP contribution in [0.4, 0.5) is 4.79 Å². The first-order valence-corrected chi connectivity index (χ1v) is 5.38. The van der Waals surface area contributed by atoms with Crippen molar-refractivity contribution in [3.05, 3.63) is 0 Å². The molecule has 1 heterocycles. The maximum absolute atomic E-state index is 11.2. The van der Waals surface area contributed by atoms with Gasteiger partial charge in [-0.05, 0) is 19.8 Å². The number of nitrogens with zero attached hydrogens (tertiary/aromatic N) is 1. The molecule has 0 saturated carbocycles. The van der Waals surface area contributed by atoms with Crippen LogP contribution in [-0.4, -0.2) is 29.7 Å². The summed E-state index contributed by atoms with van der Waals surface area (Å²) in [6.07, 6.45) is -0.172. The molecule has 0 aromatic heterocycles. The van der Waals surface area contributed by atoms with E-state index in [1.807, 2.05) is 27.7 Å². The van der Waals surface area contributed by atoms with Gasteiger partial charge in [-0.3, -0.25) is 4.90 Å². The van der Waals surface area contributed by atoms with Crippen LogP contribution in [0.25, 0.3) is 0 Å². The zero-order valence-corrected chi connectivity index (χ0v) is 10.3. The Morgan fingerprint density at radius 2 is 1.93 bits per heavy atom. The highest BCUT2D eigenvalue weighted by molar-refractivity contribution is 5.70. The van der Waals surface area contributed by atoms with Crippen molar-refractivity contribution in [2.24, 2.45) is 5.92 Å². The minimum Gasteiger partial charge on any atom is -0.447 e. The average Bonchev–Trinajstić information content (AvgIpc) is 2.35. The van der Waals surface area contributed by atoms with Crippen LogP contribution < -0.4 is 0 Å². The normalized spacial score (nSPS) is 19.1. The number of hydrogen-bond donors (Lipinski definition) is 0. The summed E-state index contributed by atoms with van der Waals surface area (Å²) in [5.41, 5.74) is -0.124.